The molecule has 0 aromatic heterocycles. The van der Waals surface area contributed by atoms with Crippen molar-refractivity contribution in [2.45, 2.75) is 13.0 Å². The first kappa shape index (κ1) is 19.9. The molecule has 0 spiro atoms. The van der Waals surface area contributed by atoms with Gasteiger partial charge in [-0.2, -0.15) is 0 Å². The van der Waals surface area contributed by atoms with E-state index in [2.05, 4.69) is 5.32 Å². The van der Waals surface area contributed by atoms with Crippen LogP contribution in [-0.2, 0) is 0 Å². The van der Waals surface area contributed by atoms with Crippen LogP contribution in [0.1, 0.15) is 27.6 Å². The van der Waals surface area contributed by atoms with Crippen LogP contribution in [0.2, 0.25) is 10.0 Å². The number of halogens is 2. The minimum Gasteiger partial charge on any atom is -0.483 e. The standard InChI is InChI=1S/C22H17Cl2NO3/c1-14(21(26)16-3-2-4-18(24)13-16)28-20-11-9-19(10-12-20)25-22(27)15-5-7-17(23)8-6-15/h2-14H,1H3,(H,25,27). The molecule has 0 saturated heterocycles. The average molecular weight is 414 g/mol. The second kappa shape index (κ2) is 8.91. The second-order valence-electron chi connectivity index (χ2n) is 6.12. The van der Waals surface area contributed by atoms with Gasteiger partial charge >= 0.3 is 0 Å². The predicted octanol–water partition coefficient (Wildman–Crippen LogP) is 5.90. The summed E-state index contributed by atoms with van der Waals surface area (Å²) in [5, 5.41) is 3.86. The number of Topliss-reactive ketones (excluding diaryl/α,β-unsaturated/α-hetero) is 1. The number of carbonyl (C=O) groups is 2. The fourth-order valence-electron chi connectivity index (χ4n) is 2.56. The lowest BCUT2D eigenvalue weighted by Crippen LogP contribution is -2.23. The summed E-state index contributed by atoms with van der Waals surface area (Å²) in [4.78, 5) is 24.7. The molecule has 1 unspecified atom stereocenters. The van der Waals surface area contributed by atoms with E-state index in [1.807, 2.05) is 0 Å². The minimum absolute atomic E-state index is 0.164. The highest BCUT2D eigenvalue weighted by molar-refractivity contribution is 6.31. The van der Waals surface area contributed by atoms with Gasteiger partial charge in [0.05, 0.1) is 0 Å². The summed E-state index contributed by atoms with van der Waals surface area (Å²) in [6.45, 7) is 1.68. The van der Waals surface area contributed by atoms with Crippen LogP contribution in [0.15, 0.2) is 72.8 Å². The molecule has 0 heterocycles. The van der Waals surface area contributed by atoms with Gasteiger partial charge in [-0.25, -0.2) is 0 Å². The third-order valence-electron chi connectivity index (χ3n) is 4.01. The Bertz CT molecular complexity index is 985. The lowest BCUT2D eigenvalue weighted by Gasteiger charge is -2.14. The Balaban J connectivity index is 1.61. The molecule has 6 heteroatoms. The Labute approximate surface area is 173 Å². The van der Waals surface area contributed by atoms with Crippen molar-refractivity contribution in [3.63, 3.8) is 0 Å². The molecule has 142 valence electrons. The van der Waals surface area contributed by atoms with Gasteiger partial charge in [0.2, 0.25) is 5.78 Å². The average Bonchev–Trinajstić information content (AvgIpc) is 2.69. The fraction of sp³-hybridized carbons (Fsp3) is 0.0909. The van der Waals surface area contributed by atoms with E-state index < -0.39 is 6.10 Å². The summed E-state index contributed by atoms with van der Waals surface area (Å²) in [5.74, 6) is 0.116. The van der Waals surface area contributed by atoms with Crippen LogP contribution in [0.4, 0.5) is 5.69 Å². The van der Waals surface area contributed by atoms with Gasteiger partial charge in [-0.05, 0) is 67.6 Å². The topological polar surface area (TPSA) is 55.4 Å². The van der Waals surface area contributed by atoms with Crippen molar-refractivity contribution in [3.8, 4) is 5.75 Å². The molecule has 3 aromatic carbocycles. The molecule has 0 aliphatic carbocycles. The number of ketones is 1. The smallest absolute Gasteiger partial charge is 0.255 e. The van der Waals surface area contributed by atoms with Crippen LogP contribution >= 0.6 is 23.2 Å². The number of anilines is 1. The summed E-state index contributed by atoms with van der Waals surface area (Å²) in [5.41, 5.74) is 1.61. The van der Waals surface area contributed by atoms with E-state index in [0.717, 1.165) is 0 Å². The van der Waals surface area contributed by atoms with Gasteiger partial charge in [0, 0.05) is 26.9 Å². The number of ether oxygens (including phenoxy) is 1. The summed E-state index contributed by atoms with van der Waals surface area (Å²) in [6, 6.07) is 20.2. The van der Waals surface area contributed by atoms with Crippen molar-refractivity contribution in [1.82, 2.24) is 0 Å². The Morgan fingerprint density at radius 3 is 2.18 bits per heavy atom. The number of benzene rings is 3. The zero-order chi connectivity index (χ0) is 20.1. The normalized spacial score (nSPS) is 11.5. The van der Waals surface area contributed by atoms with E-state index in [1.54, 1.807) is 79.7 Å². The number of nitrogens with one attached hydrogen (secondary N) is 1. The van der Waals surface area contributed by atoms with Crippen molar-refractivity contribution in [2.24, 2.45) is 0 Å². The third kappa shape index (κ3) is 5.12. The highest BCUT2D eigenvalue weighted by Gasteiger charge is 2.17. The molecule has 0 fully saturated rings. The maximum atomic E-state index is 12.4. The van der Waals surface area contributed by atoms with Crippen molar-refractivity contribution >= 4 is 40.6 Å². The van der Waals surface area contributed by atoms with Crippen LogP contribution < -0.4 is 10.1 Å². The quantitative estimate of drug-likeness (QED) is 0.512. The van der Waals surface area contributed by atoms with Crippen LogP contribution in [0.3, 0.4) is 0 Å². The first-order chi connectivity index (χ1) is 13.4. The zero-order valence-electron chi connectivity index (χ0n) is 15.0. The zero-order valence-corrected chi connectivity index (χ0v) is 16.5. The molecule has 3 rings (SSSR count). The Hall–Kier alpha value is -2.82. The molecule has 0 saturated carbocycles. The number of hydrogen-bond acceptors (Lipinski definition) is 3. The molecule has 0 aliphatic heterocycles. The lowest BCUT2D eigenvalue weighted by molar-refractivity contribution is 0.0818. The van der Waals surface area contributed by atoms with Crippen LogP contribution in [0, 0.1) is 0 Å². The second-order valence-corrected chi connectivity index (χ2v) is 6.99. The van der Waals surface area contributed by atoms with Gasteiger partial charge in [0.15, 0.2) is 6.10 Å². The van der Waals surface area contributed by atoms with E-state index in [-0.39, 0.29) is 11.7 Å². The largest absolute Gasteiger partial charge is 0.483 e. The van der Waals surface area contributed by atoms with Crippen molar-refractivity contribution in [3.05, 3.63) is 94.0 Å². The number of carbonyl (C=O) groups excluding carboxylic acids is 2. The van der Waals surface area contributed by atoms with Gasteiger partial charge in [-0.1, -0.05) is 35.3 Å². The predicted molar refractivity (Wildman–Crippen MR) is 112 cm³/mol. The number of amides is 1. The molecule has 1 atom stereocenters. The minimum atomic E-state index is -0.673. The lowest BCUT2D eigenvalue weighted by atomic mass is 10.1. The Kier molecular flexibility index (Phi) is 6.34. The molecule has 4 nitrogen and oxygen atoms in total. The fourth-order valence-corrected chi connectivity index (χ4v) is 2.87. The highest BCUT2D eigenvalue weighted by atomic mass is 35.5. The van der Waals surface area contributed by atoms with Crippen molar-refractivity contribution < 1.29 is 14.3 Å². The van der Waals surface area contributed by atoms with E-state index >= 15 is 0 Å². The highest BCUT2D eigenvalue weighted by Crippen LogP contribution is 2.20. The van der Waals surface area contributed by atoms with E-state index in [0.29, 0.717) is 32.6 Å². The van der Waals surface area contributed by atoms with Gasteiger partial charge in [-0.3, -0.25) is 9.59 Å². The SMILES string of the molecule is CC(Oc1ccc(NC(=O)c2ccc(Cl)cc2)cc1)C(=O)c1cccc(Cl)c1. The van der Waals surface area contributed by atoms with E-state index in [4.69, 9.17) is 27.9 Å². The molecule has 3 aromatic rings. The third-order valence-corrected chi connectivity index (χ3v) is 4.50. The van der Waals surface area contributed by atoms with E-state index in [9.17, 15) is 9.59 Å². The van der Waals surface area contributed by atoms with Crippen molar-refractivity contribution in [1.29, 1.82) is 0 Å². The van der Waals surface area contributed by atoms with Crippen LogP contribution in [0.5, 0.6) is 5.75 Å². The maximum Gasteiger partial charge on any atom is 0.255 e. The first-order valence-electron chi connectivity index (χ1n) is 8.56. The van der Waals surface area contributed by atoms with Crippen LogP contribution in [-0.4, -0.2) is 17.8 Å². The molecule has 28 heavy (non-hydrogen) atoms. The van der Waals surface area contributed by atoms with Gasteiger partial charge in [0.1, 0.15) is 5.75 Å². The number of rotatable bonds is 6. The number of hydrogen-bond donors (Lipinski definition) is 1. The van der Waals surface area contributed by atoms with Crippen LogP contribution in [0.25, 0.3) is 0 Å². The summed E-state index contributed by atoms with van der Waals surface area (Å²) < 4.78 is 5.71. The molecule has 0 radical (unpaired) electrons. The van der Waals surface area contributed by atoms with Crippen molar-refractivity contribution in [2.75, 3.05) is 5.32 Å². The van der Waals surface area contributed by atoms with E-state index in [1.165, 1.54) is 0 Å². The summed E-state index contributed by atoms with van der Waals surface area (Å²) in [7, 11) is 0. The molecule has 1 amide bonds. The molecular formula is C22H17Cl2NO3. The molecular weight excluding hydrogens is 397 g/mol. The first-order valence-corrected chi connectivity index (χ1v) is 9.31. The maximum absolute atomic E-state index is 12.4. The molecule has 1 N–H and O–H groups in total. The summed E-state index contributed by atoms with van der Waals surface area (Å²) >= 11 is 11.8. The Morgan fingerprint density at radius 2 is 1.54 bits per heavy atom. The molecule has 0 aliphatic rings. The summed E-state index contributed by atoms with van der Waals surface area (Å²) in [6.07, 6.45) is -0.673. The Morgan fingerprint density at radius 1 is 0.857 bits per heavy atom. The monoisotopic (exact) mass is 413 g/mol. The molecule has 0 bridgehead atoms. The van der Waals surface area contributed by atoms with Gasteiger partial charge in [0.25, 0.3) is 5.91 Å². The van der Waals surface area contributed by atoms with Gasteiger partial charge in [-0.15, -0.1) is 0 Å². The van der Waals surface area contributed by atoms with Gasteiger partial charge < -0.3 is 10.1 Å².